The SMILES string of the molecule is Cc1nc2cccc3c2n1-c1ccc(-c2ccc4c(c2)C2(c5ccccc5-4)c4ccccc4C4(c5ccccc5-c5ccccc54)c4ccccc42)cc1N3c1ccccc1. The molecule has 2 spiro atoms. The number of aromatic nitrogens is 2. The predicted molar refractivity (Wildman–Crippen MR) is 248 cm³/mol. The van der Waals surface area contributed by atoms with E-state index in [1.165, 1.54) is 77.9 Å². The summed E-state index contributed by atoms with van der Waals surface area (Å²) in [5, 5.41) is 0. The summed E-state index contributed by atoms with van der Waals surface area (Å²) < 4.78 is 2.34. The van der Waals surface area contributed by atoms with Crippen LogP contribution in [0.1, 0.15) is 50.3 Å². The van der Waals surface area contributed by atoms with Crippen LogP contribution in [0.15, 0.2) is 206 Å². The lowest BCUT2D eigenvalue weighted by Gasteiger charge is -2.48. The molecule has 10 aromatic rings. The highest BCUT2D eigenvalue weighted by Crippen LogP contribution is 2.67. The van der Waals surface area contributed by atoms with Crippen molar-refractivity contribution in [3.05, 3.63) is 257 Å². The number of benzene rings is 9. The molecule has 0 amide bonds. The smallest absolute Gasteiger partial charge is 0.111 e. The Morgan fingerprint density at radius 1 is 0.361 bits per heavy atom. The Kier molecular flexibility index (Phi) is 6.36. The first-order chi connectivity index (χ1) is 30.2. The Hall–Kier alpha value is -7.75. The first-order valence-corrected chi connectivity index (χ1v) is 21.3. The van der Waals surface area contributed by atoms with Gasteiger partial charge in [-0.05, 0) is 127 Å². The first-order valence-electron chi connectivity index (χ1n) is 21.3. The Balaban J connectivity index is 1.04. The van der Waals surface area contributed by atoms with Gasteiger partial charge in [-0.25, -0.2) is 4.98 Å². The van der Waals surface area contributed by atoms with Gasteiger partial charge in [0, 0.05) is 5.69 Å². The van der Waals surface area contributed by atoms with Crippen molar-refractivity contribution < 1.29 is 0 Å². The van der Waals surface area contributed by atoms with Gasteiger partial charge in [0.1, 0.15) is 5.82 Å². The number of anilines is 3. The second-order valence-corrected chi connectivity index (χ2v) is 17.0. The zero-order chi connectivity index (χ0) is 40.0. The monoisotopic (exact) mass is 775 g/mol. The Bertz CT molecular complexity index is 3420. The maximum atomic E-state index is 5.02. The lowest BCUT2D eigenvalue weighted by atomic mass is 9.52. The van der Waals surface area contributed by atoms with E-state index in [2.05, 4.69) is 223 Å². The average Bonchev–Trinajstić information content (AvgIpc) is 3.93. The van der Waals surface area contributed by atoms with Crippen molar-refractivity contribution in [2.75, 3.05) is 4.90 Å². The summed E-state index contributed by atoms with van der Waals surface area (Å²) in [6.45, 7) is 2.12. The summed E-state index contributed by atoms with van der Waals surface area (Å²) in [5.74, 6) is 0.987. The van der Waals surface area contributed by atoms with Crippen molar-refractivity contribution in [3.63, 3.8) is 0 Å². The highest BCUT2D eigenvalue weighted by Gasteiger charge is 2.58. The van der Waals surface area contributed by atoms with Crippen LogP contribution in [0.2, 0.25) is 0 Å². The first kappa shape index (κ1) is 33.1. The van der Waals surface area contributed by atoms with E-state index >= 15 is 0 Å². The Morgan fingerprint density at radius 2 is 0.836 bits per heavy atom. The highest BCUT2D eigenvalue weighted by atomic mass is 15.2. The molecule has 1 aliphatic heterocycles. The van der Waals surface area contributed by atoms with Gasteiger partial charge in [-0.15, -0.1) is 0 Å². The summed E-state index contributed by atoms with van der Waals surface area (Å²) in [6, 6.07) is 77.6. The molecule has 0 saturated heterocycles. The van der Waals surface area contributed by atoms with Gasteiger partial charge in [-0.3, -0.25) is 4.57 Å². The van der Waals surface area contributed by atoms with Crippen LogP contribution in [0.3, 0.4) is 0 Å². The summed E-state index contributed by atoms with van der Waals surface area (Å²) >= 11 is 0. The van der Waals surface area contributed by atoms with Crippen molar-refractivity contribution >= 4 is 28.1 Å². The van der Waals surface area contributed by atoms with Gasteiger partial charge < -0.3 is 4.90 Å². The van der Waals surface area contributed by atoms with E-state index < -0.39 is 10.8 Å². The molecule has 2 heterocycles. The van der Waals surface area contributed by atoms with Gasteiger partial charge in [-0.1, -0.05) is 164 Å². The van der Waals surface area contributed by atoms with E-state index in [1.54, 1.807) is 0 Å². The van der Waals surface area contributed by atoms with E-state index in [-0.39, 0.29) is 0 Å². The molecular formula is C58H37N3. The van der Waals surface area contributed by atoms with Crippen LogP contribution in [0.4, 0.5) is 17.1 Å². The molecule has 61 heavy (non-hydrogen) atoms. The van der Waals surface area contributed by atoms with Crippen LogP contribution in [0, 0.1) is 6.92 Å². The lowest BCUT2D eigenvalue weighted by Crippen LogP contribution is -2.43. The average molecular weight is 776 g/mol. The van der Waals surface area contributed by atoms with Crippen LogP contribution >= 0.6 is 0 Å². The van der Waals surface area contributed by atoms with Crippen molar-refractivity contribution in [3.8, 4) is 39.1 Å². The maximum absolute atomic E-state index is 5.02. The molecule has 0 unspecified atom stereocenters. The summed E-state index contributed by atoms with van der Waals surface area (Å²) in [7, 11) is 0. The normalized spacial score (nSPS) is 14.9. The van der Waals surface area contributed by atoms with Gasteiger partial charge in [-0.2, -0.15) is 0 Å². The summed E-state index contributed by atoms with van der Waals surface area (Å²) in [6.07, 6.45) is 0. The van der Waals surface area contributed by atoms with Crippen LogP contribution in [0.5, 0.6) is 0 Å². The van der Waals surface area contributed by atoms with Crippen LogP contribution in [-0.2, 0) is 10.8 Å². The second-order valence-electron chi connectivity index (χ2n) is 17.0. The molecule has 1 aromatic heterocycles. The molecule has 0 bridgehead atoms. The fourth-order valence-electron chi connectivity index (χ4n) is 12.2. The molecular weight excluding hydrogens is 739 g/mol. The third-order valence-corrected chi connectivity index (χ3v) is 14.3. The van der Waals surface area contributed by atoms with Crippen molar-refractivity contribution in [1.29, 1.82) is 0 Å². The number of aryl methyl sites for hydroxylation is 1. The van der Waals surface area contributed by atoms with Crippen molar-refractivity contribution in [2.24, 2.45) is 0 Å². The molecule has 0 atom stereocenters. The maximum Gasteiger partial charge on any atom is 0.111 e. The van der Waals surface area contributed by atoms with Gasteiger partial charge in [0.05, 0.1) is 38.9 Å². The Labute approximate surface area is 354 Å². The molecule has 0 radical (unpaired) electrons. The van der Waals surface area contributed by atoms with E-state index in [9.17, 15) is 0 Å². The van der Waals surface area contributed by atoms with Crippen LogP contribution < -0.4 is 4.90 Å². The minimum atomic E-state index is -0.546. The number of hydrogen-bond donors (Lipinski definition) is 0. The molecule has 0 saturated carbocycles. The molecule has 3 nitrogen and oxygen atoms in total. The topological polar surface area (TPSA) is 21.1 Å². The molecule has 284 valence electrons. The number of nitrogens with zero attached hydrogens (tertiary/aromatic N) is 3. The van der Waals surface area contributed by atoms with Gasteiger partial charge in [0.2, 0.25) is 0 Å². The number of rotatable bonds is 2. The minimum Gasteiger partial charge on any atom is -0.306 e. The van der Waals surface area contributed by atoms with E-state index in [4.69, 9.17) is 4.98 Å². The second kappa shape index (κ2) is 11.7. The third-order valence-electron chi connectivity index (χ3n) is 14.3. The van der Waals surface area contributed by atoms with E-state index in [1.807, 2.05) is 0 Å². The lowest BCUT2D eigenvalue weighted by molar-refractivity contribution is 0.633. The van der Waals surface area contributed by atoms with E-state index in [0.717, 1.165) is 39.6 Å². The fourth-order valence-corrected chi connectivity index (χ4v) is 12.2. The zero-order valence-corrected chi connectivity index (χ0v) is 33.5. The number of hydrogen-bond acceptors (Lipinski definition) is 2. The third kappa shape index (κ3) is 3.93. The van der Waals surface area contributed by atoms with Gasteiger partial charge >= 0.3 is 0 Å². The molecule has 9 aromatic carbocycles. The molecule has 0 N–H and O–H groups in total. The molecule has 14 rings (SSSR count). The van der Waals surface area contributed by atoms with Gasteiger partial charge in [0.15, 0.2) is 0 Å². The summed E-state index contributed by atoms with van der Waals surface area (Å²) in [5.41, 5.74) is 24.1. The largest absolute Gasteiger partial charge is 0.306 e. The minimum absolute atomic E-state index is 0.465. The fraction of sp³-hybridized carbons (Fsp3) is 0.0517. The molecule has 3 heteroatoms. The quantitative estimate of drug-likeness (QED) is 0.174. The number of imidazole rings is 1. The zero-order valence-electron chi connectivity index (χ0n) is 33.5. The number of fused-ring (bicyclic) bond motifs is 18. The summed E-state index contributed by atoms with van der Waals surface area (Å²) in [4.78, 5) is 7.44. The van der Waals surface area contributed by atoms with Crippen molar-refractivity contribution in [1.82, 2.24) is 9.55 Å². The molecule has 4 aliphatic rings. The van der Waals surface area contributed by atoms with Crippen LogP contribution in [-0.4, -0.2) is 9.55 Å². The molecule has 0 fully saturated rings. The van der Waals surface area contributed by atoms with Crippen LogP contribution in [0.25, 0.3) is 50.1 Å². The Morgan fingerprint density at radius 3 is 1.43 bits per heavy atom. The number of para-hydroxylation sites is 2. The predicted octanol–water partition coefficient (Wildman–Crippen LogP) is 13.8. The standard InChI is InChI=1S/C58H37N3/c1-36-59-52-28-15-29-54-56(52)60(36)53-33-31-38(35-55(53)61(54)39-16-3-2-4-17-39)37-30-32-43-42-20-7-10-23-46(42)58(51(43)34-37)49-26-13-11-24-47(49)57(48-25-12-14-27-50(48)58)44-21-8-5-18-40(44)41-19-6-9-22-45(41)57/h2-35H,1H3. The van der Waals surface area contributed by atoms with Gasteiger partial charge in [0.25, 0.3) is 0 Å². The molecule has 3 aliphatic carbocycles. The highest BCUT2D eigenvalue weighted by molar-refractivity contribution is 6.02. The van der Waals surface area contributed by atoms with Crippen molar-refractivity contribution in [2.45, 2.75) is 17.8 Å². The van der Waals surface area contributed by atoms with E-state index in [0.29, 0.717) is 0 Å².